The Morgan fingerprint density at radius 2 is 2.11 bits per heavy atom. The summed E-state index contributed by atoms with van der Waals surface area (Å²) in [6.45, 7) is -3.06. The fourth-order valence-corrected chi connectivity index (χ4v) is 1.51. The van der Waals surface area contributed by atoms with E-state index in [4.69, 9.17) is 4.74 Å². The molecule has 0 saturated carbocycles. The number of hydrogen-bond donors (Lipinski definition) is 0. The molecule has 7 heteroatoms. The first-order chi connectivity index (χ1) is 9.11. The van der Waals surface area contributed by atoms with Crippen LogP contribution in [0.3, 0.4) is 0 Å². The normalized spacial score (nSPS) is 10.5. The summed E-state index contributed by atoms with van der Waals surface area (Å²) < 4.78 is 34.4. The molecule has 2 rings (SSSR count). The fourth-order valence-electron chi connectivity index (χ4n) is 1.51. The van der Waals surface area contributed by atoms with Gasteiger partial charge in [-0.1, -0.05) is 6.07 Å². The van der Waals surface area contributed by atoms with Gasteiger partial charge in [0.15, 0.2) is 5.75 Å². The standard InChI is InChI=1S/C12H10F2N2O3/c1-18-9-4-2-3-8(7-9)16-11(17)10(5-6-15-16)19-12(13)14/h2-7,12H,1H3. The van der Waals surface area contributed by atoms with E-state index in [0.717, 1.165) is 10.7 Å². The zero-order valence-corrected chi connectivity index (χ0v) is 9.92. The predicted octanol–water partition coefficient (Wildman–Crippen LogP) is 1.84. The highest BCUT2D eigenvalue weighted by molar-refractivity contribution is 5.39. The van der Waals surface area contributed by atoms with E-state index in [1.165, 1.54) is 13.3 Å². The van der Waals surface area contributed by atoms with Crippen LogP contribution < -0.4 is 15.0 Å². The minimum Gasteiger partial charge on any atom is -0.497 e. The molecule has 19 heavy (non-hydrogen) atoms. The molecular weight excluding hydrogens is 258 g/mol. The molecule has 0 spiro atoms. The fraction of sp³-hybridized carbons (Fsp3) is 0.167. The highest BCUT2D eigenvalue weighted by Crippen LogP contribution is 2.15. The molecule has 1 heterocycles. The molecule has 0 amide bonds. The maximum absolute atomic E-state index is 12.1. The van der Waals surface area contributed by atoms with Crippen LogP contribution in [0.2, 0.25) is 0 Å². The second-order valence-corrected chi connectivity index (χ2v) is 3.49. The van der Waals surface area contributed by atoms with Crippen LogP contribution in [0.15, 0.2) is 41.3 Å². The average Bonchev–Trinajstić information content (AvgIpc) is 2.41. The van der Waals surface area contributed by atoms with E-state index in [2.05, 4.69) is 9.84 Å². The van der Waals surface area contributed by atoms with Crippen LogP contribution in [0.4, 0.5) is 8.78 Å². The third-order valence-corrected chi connectivity index (χ3v) is 2.33. The first kappa shape index (κ1) is 13.0. The quantitative estimate of drug-likeness (QED) is 0.849. The van der Waals surface area contributed by atoms with Crippen LogP contribution in [0.25, 0.3) is 5.69 Å². The molecule has 5 nitrogen and oxygen atoms in total. The number of ether oxygens (including phenoxy) is 2. The number of nitrogens with zero attached hydrogens (tertiary/aromatic N) is 2. The number of methoxy groups -OCH3 is 1. The lowest BCUT2D eigenvalue weighted by Crippen LogP contribution is -2.23. The number of aromatic nitrogens is 2. The molecule has 100 valence electrons. The maximum atomic E-state index is 12.1. The smallest absolute Gasteiger partial charge is 0.387 e. The molecule has 0 N–H and O–H groups in total. The van der Waals surface area contributed by atoms with Crippen molar-refractivity contribution in [2.45, 2.75) is 6.61 Å². The van der Waals surface area contributed by atoms with Gasteiger partial charge >= 0.3 is 12.2 Å². The van der Waals surface area contributed by atoms with Gasteiger partial charge in [-0.3, -0.25) is 4.79 Å². The SMILES string of the molecule is COc1cccc(-n2nccc(OC(F)F)c2=O)c1. The topological polar surface area (TPSA) is 53.4 Å². The number of hydrogen-bond acceptors (Lipinski definition) is 4. The maximum Gasteiger partial charge on any atom is 0.387 e. The van der Waals surface area contributed by atoms with Crippen molar-refractivity contribution in [3.8, 4) is 17.2 Å². The van der Waals surface area contributed by atoms with Gasteiger partial charge in [0.05, 0.1) is 19.0 Å². The number of rotatable bonds is 4. The van der Waals surface area contributed by atoms with Gasteiger partial charge in [0.1, 0.15) is 5.75 Å². The van der Waals surface area contributed by atoms with E-state index in [1.54, 1.807) is 24.3 Å². The first-order valence-corrected chi connectivity index (χ1v) is 5.29. The second kappa shape index (κ2) is 5.47. The molecular formula is C12H10F2N2O3. The monoisotopic (exact) mass is 268 g/mol. The lowest BCUT2D eigenvalue weighted by molar-refractivity contribution is -0.0511. The Morgan fingerprint density at radius 1 is 1.32 bits per heavy atom. The molecule has 0 aliphatic heterocycles. The van der Waals surface area contributed by atoms with Gasteiger partial charge in [-0.2, -0.15) is 18.6 Å². The Labute approximate surface area is 107 Å². The molecule has 1 aromatic heterocycles. The third kappa shape index (κ3) is 2.87. The lowest BCUT2D eigenvalue weighted by atomic mass is 10.3. The number of alkyl halides is 2. The van der Waals surface area contributed by atoms with Gasteiger partial charge in [-0.05, 0) is 12.1 Å². The Hall–Kier alpha value is -2.44. The van der Waals surface area contributed by atoms with Crippen molar-refractivity contribution in [3.05, 3.63) is 46.9 Å². The van der Waals surface area contributed by atoms with E-state index in [-0.39, 0.29) is 0 Å². The molecule has 0 atom stereocenters. The summed E-state index contributed by atoms with van der Waals surface area (Å²) in [5, 5.41) is 3.82. The third-order valence-electron chi connectivity index (χ3n) is 2.33. The van der Waals surface area contributed by atoms with E-state index in [9.17, 15) is 13.6 Å². The molecule has 1 aromatic carbocycles. The van der Waals surface area contributed by atoms with Gasteiger partial charge in [0, 0.05) is 12.1 Å². The summed E-state index contributed by atoms with van der Waals surface area (Å²) in [5.74, 6) is 0.0548. The summed E-state index contributed by atoms with van der Waals surface area (Å²) >= 11 is 0. The van der Waals surface area contributed by atoms with Crippen molar-refractivity contribution in [3.63, 3.8) is 0 Å². The minimum atomic E-state index is -3.06. The first-order valence-electron chi connectivity index (χ1n) is 5.29. The van der Waals surface area contributed by atoms with Crippen molar-refractivity contribution in [1.82, 2.24) is 9.78 Å². The predicted molar refractivity (Wildman–Crippen MR) is 63.0 cm³/mol. The van der Waals surface area contributed by atoms with E-state index in [1.807, 2.05) is 0 Å². The molecule has 0 aliphatic rings. The second-order valence-electron chi connectivity index (χ2n) is 3.49. The highest BCUT2D eigenvalue weighted by Gasteiger charge is 2.12. The van der Waals surface area contributed by atoms with Gasteiger partial charge < -0.3 is 9.47 Å². The Balaban J connectivity index is 2.47. The lowest BCUT2D eigenvalue weighted by Gasteiger charge is -2.08. The Kier molecular flexibility index (Phi) is 3.74. The van der Waals surface area contributed by atoms with Gasteiger partial charge in [0.25, 0.3) is 0 Å². The zero-order chi connectivity index (χ0) is 13.8. The van der Waals surface area contributed by atoms with Crippen LogP contribution in [-0.4, -0.2) is 23.5 Å². The largest absolute Gasteiger partial charge is 0.497 e. The summed E-state index contributed by atoms with van der Waals surface area (Å²) in [6.07, 6.45) is 1.21. The molecule has 0 fully saturated rings. The van der Waals surface area contributed by atoms with Gasteiger partial charge in [-0.15, -0.1) is 0 Å². The van der Waals surface area contributed by atoms with Crippen molar-refractivity contribution in [2.24, 2.45) is 0 Å². The number of benzene rings is 1. The summed E-state index contributed by atoms with van der Waals surface area (Å²) in [5.41, 5.74) is -0.375. The van der Waals surface area contributed by atoms with Crippen molar-refractivity contribution >= 4 is 0 Å². The summed E-state index contributed by atoms with van der Waals surface area (Å²) in [4.78, 5) is 11.9. The summed E-state index contributed by atoms with van der Waals surface area (Å²) in [6, 6.07) is 7.59. The zero-order valence-electron chi connectivity index (χ0n) is 9.92. The summed E-state index contributed by atoms with van der Waals surface area (Å²) in [7, 11) is 1.48. The van der Waals surface area contributed by atoms with Crippen LogP contribution in [0.1, 0.15) is 0 Å². The van der Waals surface area contributed by atoms with Crippen molar-refractivity contribution in [1.29, 1.82) is 0 Å². The van der Waals surface area contributed by atoms with E-state index in [0.29, 0.717) is 11.4 Å². The molecule has 0 unspecified atom stereocenters. The Bertz CT molecular complexity index is 628. The highest BCUT2D eigenvalue weighted by atomic mass is 19.3. The van der Waals surface area contributed by atoms with Crippen molar-refractivity contribution in [2.75, 3.05) is 7.11 Å². The average molecular weight is 268 g/mol. The van der Waals surface area contributed by atoms with Crippen LogP contribution in [-0.2, 0) is 0 Å². The van der Waals surface area contributed by atoms with Crippen LogP contribution >= 0.6 is 0 Å². The molecule has 0 saturated heterocycles. The van der Waals surface area contributed by atoms with Gasteiger partial charge in [0.2, 0.25) is 0 Å². The van der Waals surface area contributed by atoms with E-state index >= 15 is 0 Å². The molecule has 0 bridgehead atoms. The van der Waals surface area contributed by atoms with E-state index < -0.39 is 17.9 Å². The minimum absolute atomic E-state index is 0.393. The molecule has 0 radical (unpaired) electrons. The Morgan fingerprint density at radius 3 is 2.79 bits per heavy atom. The van der Waals surface area contributed by atoms with Crippen LogP contribution in [0.5, 0.6) is 11.5 Å². The molecule has 2 aromatic rings. The number of halogens is 2. The van der Waals surface area contributed by atoms with Crippen molar-refractivity contribution < 1.29 is 18.3 Å². The molecule has 0 aliphatic carbocycles. The van der Waals surface area contributed by atoms with Crippen LogP contribution in [0, 0.1) is 0 Å². The van der Waals surface area contributed by atoms with Gasteiger partial charge in [-0.25, -0.2) is 0 Å².